The number of carbonyl (C=O) groups excluding carboxylic acids is 2. The Bertz CT molecular complexity index is 761. The van der Waals surface area contributed by atoms with Crippen molar-refractivity contribution < 1.29 is 9.59 Å². The summed E-state index contributed by atoms with van der Waals surface area (Å²) in [6.07, 6.45) is 1.61. The molecule has 6 heteroatoms. The van der Waals surface area contributed by atoms with Crippen LogP contribution in [0, 0.1) is 0 Å². The lowest BCUT2D eigenvalue weighted by atomic mass is 10.1. The summed E-state index contributed by atoms with van der Waals surface area (Å²) in [5.74, 6) is 0.0764. The van der Waals surface area contributed by atoms with Crippen molar-refractivity contribution in [2.24, 2.45) is 0 Å². The van der Waals surface area contributed by atoms with Crippen molar-refractivity contribution in [3.05, 3.63) is 48.2 Å². The standard InChI is InChI=1S/C17H18N4O2.C2H6/c1-3-20(2)11-15(22)21-14-9-5-4-7-12(14)17(23)19-13-8-6-10-18-16(13)21;1-2/h4-10H,3,11H2,1-2H3,(H,19,23);1-2H3. The maximum Gasteiger partial charge on any atom is 0.257 e. The molecule has 0 unspecified atom stereocenters. The minimum atomic E-state index is -0.242. The molecular formula is C19H24N4O2. The second-order valence-electron chi connectivity index (χ2n) is 5.41. The molecule has 25 heavy (non-hydrogen) atoms. The van der Waals surface area contributed by atoms with Crippen molar-refractivity contribution in [2.75, 3.05) is 30.4 Å². The van der Waals surface area contributed by atoms with Gasteiger partial charge in [-0.25, -0.2) is 4.98 Å². The van der Waals surface area contributed by atoms with E-state index in [2.05, 4.69) is 10.3 Å². The van der Waals surface area contributed by atoms with Crippen LogP contribution in [0.5, 0.6) is 0 Å². The zero-order valence-corrected chi connectivity index (χ0v) is 15.1. The fraction of sp³-hybridized carbons (Fsp3) is 0.316. The summed E-state index contributed by atoms with van der Waals surface area (Å²) in [7, 11) is 1.88. The van der Waals surface area contributed by atoms with Crippen molar-refractivity contribution in [3.8, 4) is 0 Å². The molecule has 1 aliphatic rings. The number of benzene rings is 1. The van der Waals surface area contributed by atoms with Crippen LogP contribution in [0.4, 0.5) is 17.2 Å². The van der Waals surface area contributed by atoms with Crippen molar-refractivity contribution >= 4 is 29.0 Å². The fourth-order valence-electron chi connectivity index (χ4n) is 2.50. The molecule has 1 aromatic heterocycles. The van der Waals surface area contributed by atoms with E-state index in [0.29, 0.717) is 22.8 Å². The van der Waals surface area contributed by atoms with Crippen LogP contribution in [0.25, 0.3) is 0 Å². The second kappa shape index (κ2) is 8.39. The average Bonchev–Trinajstić information content (AvgIpc) is 2.77. The smallest absolute Gasteiger partial charge is 0.257 e. The van der Waals surface area contributed by atoms with Gasteiger partial charge in [-0.15, -0.1) is 0 Å². The first kappa shape index (κ1) is 18.6. The Kier molecular flexibility index (Phi) is 6.25. The molecule has 0 radical (unpaired) electrons. The van der Waals surface area contributed by atoms with E-state index < -0.39 is 0 Å². The maximum atomic E-state index is 12.9. The highest BCUT2D eigenvalue weighted by Gasteiger charge is 2.30. The molecule has 1 aromatic carbocycles. The van der Waals surface area contributed by atoms with Crippen LogP contribution >= 0.6 is 0 Å². The Balaban J connectivity index is 0.00000109. The zero-order chi connectivity index (χ0) is 18.4. The molecule has 0 saturated carbocycles. The first-order valence-electron chi connectivity index (χ1n) is 8.48. The first-order chi connectivity index (χ1) is 12.1. The normalized spacial score (nSPS) is 12.4. The summed E-state index contributed by atoms with van der Waals surface area (Å²) in [6, 6.07) is 10.5. The number of fused-ring (bicyclic) bond motifs is 2. The highest BCUT2D eigenvalue weighted by Crippen LogP contribution is 2.36. The summed E-state index contributed by atoms with van der Waals surface area (Å²) in [5.41, 5.74) is 1.54. The zero-order valence-electron chi connectivity index (χ0n) is 15.1. The van der Waals surface area contributed by atoms with E-state index in [1.54, 1.807) is 36.5 Å². The van der Waals surface area contributed by atoms with Crippen LogP contribution in [-0.4, -0.2) is 41.8 Å². The number of amides is 2. The lowest BCUT2D eigenvalue weighted by molar-refractivity contribution is -0.118. The molecule has 0 atom stereocenters. The Morgan fingerprint density at radius 1 is 1.20 bits per heavy atom. The number of aromatic nitrogens is 1. The molecule has 132 valence electrons. The van der Waals surface area contributed by atoms with Gasteiger partial charge in [0.1, 0.15) is 0 Å². The van der Waals surface area contributed by atoms with Gasteiger partial charge >= 0.3 is 0 Å². The quantitative estimate of drug-likeness (QED) is 0.931. The van der Waals surface area contributed by atoms with Gasteiger partial charge in [-0.3, -0.25) is 19.4 Å². The number of hydrogen-bond acceptors (Lipinski definition) is 4. The molecule has 6 nitrogen and oxygen atoms in total. The largest absolute Gasteiger partial charge is 0.319 e. The number of nitrogens with one attached hydrogen (secondary N) is 1. The van der Waals surface area contributed by atoms with E-state index in [9.17, 15) is 9.59 Å². The van der Waals surface area contributed by atoms with Crippen molar-refractivity contribution in [1.82, 2.24) is 9.88 Å². The van der Waals surface area contributed by atoms with Gasteiger partial charge in [0.05, 0.1) is 23.5 Å². The monoisotopic (exact) mass is 340 g/mol. The molecule has 2 aromatic rings. The van der Waals surface area contributed by atoms with Crippen molar-refractivity contribution in [1.29, 1.82) is 0 Å². The summed E-state index contributed by atoms with van der Waals surface area (Å²) in [6.45, 7) is 6.99. The third kappa shape index (κ3) is 3.85. The summed E-state index contributed by atoms with van der Waals surface area (Å²) in [5, 5.41) is 2.82. The highest BCUT2D eigenvalue weighted by atomic mass is 16.2. The molecule has 1 aliphatic heterocycles. The van der Waals surface area contributed by atoms with Gasteiger partial charge in [0.25, 0.3) is 5.91 Å². The van der Waals surface area contributed by atoms with Gasteiger partial charge < -0.3 is 5.32 Å². The third-order valence-electron chi connectivity index (χ3n) is 3.83. The number of para-hydroxylation sites is 1. The minimum Gasteiger partial charge on any atom is -0.319 e. The molecule has 0 fully saturated rings. The predicted molar refractivity (Wildman–Crippen MR) is 100 cm³/mol. The van der Waals surface area contributed by atoms with E-state index in [0.717, 1.165) is 6.54 Å². The van der Waals surface area contributed by atoms with Crippen molar-refractivity contribution in [3.63, 3.8) is 0 Å². The Morgan fingerprint density at radius 2 is 1.92 bits per heavy atom. The SMILES string of the molecule is CC.CCN(C)CC(=O)N1c2ccccc2C(=O)Nc2cccnc21. The third-order valence-corrected chi connectivity index (χ3v) is 3.83. The molecular weight excluding hydrogens is 316 g/mol. The Morgan fingerprint density at radius 3 is 2.64 bits per heavy atom. The van der Waals surface area contributed by atoms with E-state index in [-0.39, 0.29) is 18.4 Å². The van der Waals surface area contributed by atoms with Gasteiger partial charge in [-0.05, 0) is 37.9 Å². The number of likely N-dealkylation sites (N-methyl/N-ethyl adjacent to an activating group) is 1. The molecule has 0 spiro atoms. The van der Waals surface area contributed by atoms with E-state index in [1.165, 1.54) is 4.90 Å². The van der Waals surface area contributed by atoms with Crippen LogP contribution in [0.15, 0.2) is 42.6 Å². The van der Waals surface area contributed by atoms with E-state index in [4.69, 9.17) is 0 Å². The van der Waals surface area contributed by atoms with Crippen LogP contribution < -0.4 is 10.2 Å². The molecule has 1 N–H and O–H groups in total. The lowest BCUT2D eigenvalue weighted by Crippen LogP contribution is -2.36. The van der Waals surface area contributed by atoms with Gasteiger partial charge in [-0.1, -0.05) is 32.9 Å². The average molecular weight is 340 g/mol. The number of hydrogen-bond donors (Lipinski definition) is 1. The lowest BCUT2D eigenvalue weighted by Gasteiger charge is -2.25. The van der Waals surface area contributed by atoms with Crippen molar-refractivity contribution in [2.45, 2.75) is 20.8 Å². The number of pyridine rings is 1. The van der Waals surface area contributed by atoms with Crippen LogP contribution in [0.2, 0.25) is 0 Å². The minimum absolute atomic E-state index is 0.127. The van der Waals surface area contributed by atoms with Crippen LogP contribution in [0.1, 0.15) is 31.1 Å². The molecule has 3 rings (SSSR count). The number of anilines is 3. The number of carbonyl (C=O) groups is 2. The summed E-state index contributed by atoms with van der Waals surface area (Å²) in [4.78, 5) is 33.0. The van der Waals surface area contributed by atoms with Gasteiger partial charge in [0, 0.05) is 6.20 Å². The molecule has 0 bridgehead atoms. The second-order valence-corrected chi connectivity index (χ2v) is 5.41. The fourth-order valence-corrected chi connectivity index (χ4v) is 2.50. The number of nitrogens with zero attached hydrogens (tertiary/aromatic N) is 3. The van der Waals surface area contributed by atoms with Crippen LogP contribution in [-0.2, 0) is 4.79 Å². The molecule has 0 saturated heterocycles. The molecule has 0 aliphatic carbocycles. The van der Waals surface area contributed by atoms with Gasteiger partial charge in [-0.2, -0.15) is 0 Å². The Labute approximate surface area is 148 Å². The predicted octanol–water partition coefficient (Wildman–Crippen LogP) is 3.29. The summed E-state index contributed by atoms with van der Waals surface area (Å²) >= 11 is 0. The molecule has 2 heterocycles. The van der Waals surface area contributed by atoms with Gasteiger partial charge in [0.2, 0.25) is 5.91 Å². The summed E-state index contributed by atoms with van der Waals surface area (Å²) < 4.78 is 0. The van der Waals surface area contributed by atoms with E-state index in [1.807, 2.05) is 38.8 Å². The van der Waals surface area contributed by atoms with Gasteiger partial charge in [0.15, 0.2) is 5.82 Å². The highest BCUT2D eigenvalue weighted by molar-refractivity contribution is 6.17. The topological polar surface area (TPSA) is 65.5 Å². The first-order valence-corrected chi connectivity index (χ1v) is 8.48. The van der Waals surface area contributed by atoms with Crippen LogP contribution in [0.3, 0.4) is 0 Å². The Hall–Kier alpha value is -2.73. The maximum absolute atomic E-state index is 12.9. The molecule has 2 amide bonds. The van der Waals surface area contributed by atoms with E-state index >= 15 is 0 Å². The number of rotatable bonds is 3.